The smallest absolute Gasteiger partial charge is 0.238 e. The lowest BCUT2D eigenvalue weighted by molar-refractivity contribution is -0.117. The van der Waals surface area contributed by atoms with Crippen LogP contribution in [0.3, 0.4) is 0 Å². The van der Waals surface area contributed by atoms with E-state index in [1.54, 1.807) is 0 Å². The zero-order chi connectivity index (χ0) is 17.0. The van der Waals surface area contributed by atoms with E-state index in [9.17, 15) is 9.18 Å². The topological polar surface area (TPSA) is 50.2 Å². The highest BCUT2D eigenvalue weighted by Gasteiger charge is 2.12. The normalized spacial score (nSPS) is 11.0. The number of hydrogen-bond acceptors (Lipinski definition) is 3. The first-order chi connectivity index (χ1) is 10.9. The third-order valence-electron chi connectivity index (χ3n) is 3.56. The summed E-state index contributed by atoms with van der Waals surface area (Å²) in [5.74, 6) is -0.694. The number of carbonyl (C=O) groups is 1. The molecular formula is C16H20ClFN4O. The Kier molecular flexibility index (Phi) is 5.74. The van der Waals surface area contributed by atoms with Crippen LogP contribution in [0.2, 0.25) is 5.02 Å². The van der Waals surface area contributed by atoms with E-state index < -0.39 is 5.82 Å². The summed E-state index contributed by atoms with van der Waals surface area (Å²) in [5, 5.41) is 6.98. The van der Waals surface area contributed by atoms with Crippen LogP contribution in [-0.4, -0.2) is 34.2 Å². The highest BCUT2D eigenvalue weighted by atomic mass is 35.5. The maximum atomic E-state index is 13.1. The average Bonchev–Trinajstić information content (AvgIpc) is 2.83. The molecule has 1 aromatic carbocycles. The molecule has 1 aromatic heterocycles. The minimum atomic E-state index is -0.509. The lowest BCUT2D eigenvalue weighted by Gasteiger charge is -2.16. The SMILES string of the molecule is CCn1ncc(CN(C)CC(=O)Nc2ccc(F)c(Cl)c2)c1C. The first kappa shape index (κ1) is 17.4. The van der Waals surface area contributed by atoms with Gasteiger partial charge in [0.2, 0.25) is 5.91 Å². The first-order valence-corrected chi connectivity index (χ1v) is 7.73. The molecule has 0 unspecified atom stereocenters. The van der Waals surface area contributed by atoms with Crippen molar-refractivity contribution in [2.45, 2.75) is 26.9 Å². The average molecular weight is 339 g/mol. The van der Waals surface area contributed by atoms with Gasteiger partial charge in [-0.3, -0.25) is 14.4 Å². The number of nitrogens with zero attached hydrogens (tertiary/aromatic N) is 3. The first-order valence-electron chi connectivity index (χ1n) is 7.35. The van der Waals surface area contributed by atoms with E-state index in [4.69, 9.17) is 11.6 Å². The number of hydrogen-bond donors (Lipinski definition) is 1. The lowest BCUT2D eigenvalue weighted by Crippen LogP contribution is -2.30. The van der Waals surface area contributed by atoms with Crippen molar-refractivity contribution in [2.24, 2.45) is 0 Å². The maximum Gasteiger partial charge on any atom is 0.238 e. The van der Waals surface area contributed by atoms with Gasteiger partial charge in [0, 0.05) is 30.0 Å². The maximum absolute atomic E-state index is 13.1. The number of rotatable bonds is 6. The molecule has 2 aromatic rings. The van der Waals surface area contributed by atoms with E-state index in [2.05, 4.69) is 10.4 Å². The predicted octanol–water partition coefficient (Wildman–Crippen LogP) is 3.07. The molecule has 0 saturated carbocycles. The van der Waals surface area contributed by atoms with Crippen molar-refractivity contribution in [2.75, 3.05) is 18.9 Å². The number of anilines is 1. The number of aromatic nitrogens is 2. The van der Waals surface area contributed by atoms with Crippen molar-refractivity contribution in [1.82, 2.24) is 14.7 Å². The van der Waals surface area contributed by atoms with Gasteiger partial charge >= 0.3 is 0 Å². The Hall–Kier alpha value is -1.92. The zero-order valence-corrected chi connectivity index (χ0v) is 14.2. The molecule has 0 aliphatic carbocycles. The second-order valence-corrected chi connectivity index (χ2v) is 5.83. The van der Waals surface area contributed by atoms with Gasteiger partial charge in [0.15, 0.2) is 0 Å². The van der Waals surface area contributed by atoms with Gasteiger partial charge < -0.3 is 5.32 Å². The van der Waals surface area contributed by atoms with Crippen LogP contribution in [0.25, 0.3) is 0 Å². The number of halogens is 2. The zero-order valence-electron chi connectivity index (χ0n) is 13.4. The number of nitrogens with one attached hydrogen (secondary N) is 1. The van der Waals surface area contributed by atoms with Gasteiger partial charge in [0.1, 0.15) is 5.82 Å². The Morgan fingerprint density at radius 3 is 2.83 bits per heavy atom. The summed E-state index contributed by atoms with van der Waals surface area (Å²) >= 11 is 5.70. The Morgan fingerprint density at radius 1 is 1.48 bits per heavy atom. The lowest BCUT2D eigenvalue weighted by atomic mass is 10.2. The van der Waals surface area contributed by atoms with Gasteiger partial charge in [0.05, 0.1) is 17.8 Å². The van der Waals surface area contributed by atoms with E-state index in [1.165, 1.54) is 18.2 Å². The molecular weight excluding hydrogens is 319 g/mol. The van der Waals surface area contributed by atoms with Crippen molar-refractivity contribution in [3.05, 3.63) is 46.5 Å². The minimum Gasteiger partial charge on any atom is -0.325 e. The monoisotopic (exact) mass is 338 g/mol. The molecule has 1 heterocycles. The number of aryl methyl sites for hydroxylation is 1. The molecule has 124 valence electrons. The van der Waals surface area contributed by atoms with E-state index in [1.807, 2.05) is 36.7 Å². The van der Waals surface area contributed by atoms with Gasteiger partial charge in [-0.1, -0.05) is 11.6 Å². The largest absolute Gasteiger partial charge is 0.325 e. The standard InChI is InChI=1S/C16H20ClFN4O/c1-4-22-11(2)12(8-19-22)9-21(3)10-16(23)20-13-5-6-15(18)14(17)7-13/h5-8H,4,9-10H2,1-3H3,(H,20,23). The Balaban J connectivity index is 1.91. The van der Waals surface area contributed by atoms with Gasteiger partial charge in [-0.15, -0.1) is 0 Å². The van der Waals surface area contributed by atoms with Crippen LogP contribution in [0.5, 0.6) is 0 Å². The molecule has 7 heteroatoms. The number of benzene rings is 1. The van der Waals surface area contributed by atoms with Crippen molar-refractivity contribution in [3.63, 3.8) is 0 Å². The Labute approximate surface area is 140 Å². The van der Waals surface area contributed by atoms with Crippen molar-refractivity contribution < 1.29 is 9.18 Å². The van der Waals surface area contributed by atoms with Crippen molar-refractivity contribution >= 4 is 23.2 Å². The molecule has 0 bridgehead atoms. The van der Waals surface area contributed by atoms with Crippen LogP contribution < -0.4 is 5.32 Å². The van der Waals surface area contributed by atoms with Crippen LogP contribution in [0, 0.1) is 12.7 Å². The number of likely N-dealkylation sites (N-methyl/N-ethyl adjacent to an activating group) is 1. The molecule has 1 amide bonds. The summed E-state index contributed by atoms with van der Waals surface area (Å²) in [6.45, 7) is 5.71. The number of carbonyl (C=O) groups excluding carboxylic acids is 1. The quantitative estimate of drug-likeness (QED) is 0.880. The third kappa shape index (κ3) is 4.53. The fourth-order valence-electron chi connectivity index (χ4n) is 2.33. The van der Waals surface area contributed by atoms with Gasteiger partial charge in [-0.25, -0.2) is 4.39 Å². The summed E-state index contributed by atoms with van der Waals surface area (Å²) in [6.07, 6.45) is 1.83. The highest BCUT2D eigenvalue weighted by molar-refractivity contribution is 6.31. The second-order valence-electron chi connectivity index (χ2n) is 5.42. The number of amides is 1. The molecule has 23 heavy (non-hydrogen) atoms. The van der Waals surface area contributed by atoms with Crippen LogP contribution in [0.1, 0.15) is 18.2 Å². The summed E-state index contributed by atoms with van der Waals surface area (Å²) in [5.41, 5.74) is 2.67. The molecule has 0 aliphatic rings. The van der Waals surface area contributed by atoms with Crippen LogP contribution in [-0.2, 0) is 17.9 Å². The van der Waals surface area contributed by atoms with Crippen molar-refractivity contribution in [3.8, 4) is 0 Å². The molecule has 0 aliphatic heterocycles. The Bertz CT molecular complexity index is 701. The predicted molar refractivity (Wildman–Crippen MR) is 89.0 cm³/mol. The van der Waals surface area contributed by atoms with E-state index >= 15 is 0 Å². The second kappa shape index (κ2) is 7.57. The Morgan fingerprint density at radius 2 is 2.22 bits per heavy atom. The van der Waals surface area contributed by atoms with Gasteiger partial charge in [-0.05, 0) is 39.1 Å². The minimum absolute atomic E-state index is 0.0150. The molecule has 0 atom stereocenters. The van der Waals surface area contributed by atoms with Crippen LogP contribution in [0.4, 0.5) is 10.1 Å². The fraction of sp³-hybridized carbons (Fsp3) is 0.375. The highest BCUT2D eigenvalue weighted by Crippen LogP contribution is 2.19. The van der Waals surface area contributed by atoms with Gasteiger partial charge in [0.25, 0.3) is 0 Å². The molecule has 2 rings (SSSR count). The summed E-state index contributed by atoms with van der Waals surface area (Å²) < 4.78 is 15.0. The summed E-state index contributed by atoms with van der Waals surface area (Å²) in [7, 11) is 1.86. The van der Waals surface area contributed by atoms with Gasteiger partial charge in [-0.2, -0.15) is 5.10 Å². The molecule has 0 spiro atoms. The van der Waals surface area contributed by atoms with Crippen LogP contribution >= 0.6 is 11.6 Å². The molecule has 0 radical (unpaired) electrons. The fourth-order valence-corrected chi connectivity index (χ4v) is 2.51. The van der Waals surface area contributed by atoms with Crippen LogP contribution in [0.15, 0.2) is 24.4 Å². The molecule has 1 N–H and O–H groups in total. The summed E-state index contributed by atoms with van der Waals surface area (Å²) in [6, 6.07) is 4.10. The van der Waals surface area contributed by atoms with E-state index in [0.29, 0.717) is 12.2 Å². The summed E-state index contributed by atoms with van der Waals surface area (Å²) in [4.78, 5) is 13.9. The molecule has 5 nitrogen and oxygen atoms in total. The van der Waals surface area contributed by atoms with Crippen molar-refractivity contribution in [1.29, 1.82) is 0 Å². The van der Waals surface area contributed by atoms with E-state index in [0.717, 1.165) is 17.8 Å². The molecule has 0 fully saturated rings. The third-order valence-corrected chi connectivity index (χ3v) is 3.85. The molecule has 0 saturated heterocycles. The van der Waals surface area contributed by atoms with E-state index in [-0.39, 0.29) is 17.5 Å².